The number of anilines is 1. The molecule has 0 saturated carbocycles. The molecule has 3 aromatic heterocycles. The van der Waals surface area contributed by atoms with Crippen LogP contribution >= 0.6 is 11.3 Å². The Morgan fingerprint density at radius 3 is 2.72 bits per heavy atom. The quantitative estimate of drug-likeness (QED) is 0.349. The minimum atomic E-state index is -0.495. The first-order valence-electron chi connectivity index (χ1n) is 11.5. The minimum absolute atomic E-state index is 0.119. The van der Waals surface area contributed by atoms with E-state index in [2.05, 4.69) is 9.88 Å². The number of hydrogen-bond donors (Lipinski definition) is 0. The number of imidazole rings is 1. The molecule has 0 N–H and O–H groups in total. The molecule has 0 unspecified atom stereocenters. The number of methoxy groups -OCH3 is 1. The average molecular weight is 514 g/mol. The first kappa shape index (κ1) is 24.2. The van der Waals surface area contributed by atoms with Gasteiger partial charge >= 0.3 is 5.69 Å². The average Bonchev–Trinajstić information content (AvgIpc) is 3.50. The van der Waals surface area contributed by atoms with Gasteiger partial charge in [0.25, 0.3) is 5.56 Å². The molecule has 0 spiro atoms. The Morgan fingerprint density at radius 1 is 1.19 bits per heavy atom. The van der Waals surface area contributed by atoms with Gasteiger partial charge in [-0.15, -0.1) is 0 Å². The van der Waals surface area contributed by atoms with E-state index in [0.29, 0.717) is 31.4 Å². The molecule has 13 heteroatoms. The van der Waals surface area contributed by atoms with E-state index in [1.165, 1.54) is 33.8 Å². The number of amides is 1. The molecule has 12 nitrogen and oxygen atoms in total. The van der Waals surface area contributed by atoms with Gasteiger partial charge in [-0.25, -0.2) is 14.8 Å². The van der Waals surface area contributed by atoms with Crippen LogP contribution in [0.25, 0.3) is 21.4 Å². The fourth-order valence-corrected chi connectivity index (χ4v) is 5.31. The number of thiazole rings is 1. The van der Waals surface area contributed by atoms with Gasteiger partial charge < -0.3 is 14.0 Å². The molecule has 0 bridgehead atoms. The molecule has 36 heavy (non-hydrogen) atoms. The number of nitrogens with zero attached hydrogens (tertiary/aromatic N) is 7. The molecule has 1 amide bonds. The third-order valence-corrected chi connectivity index (χ3v) is 7.42. The summed E-state index contributed by atoms with van der Waals surface area (Å²) in [6, 6.07) is 5.60. The van der Waals surface area contributed by atoms with Gasteiger partial charge in [-0.1, -0.05) is 11.3 Å². The van der Waals surface area contributed by atoms with Crippen LogP contribution in [0.3, 0.4) is 0 Å². The summed E-state index contributed by atoms with van der Waals surface area (Å²) in [7, 11) is 4.57. The highest BCUT2D eigenvalue weighted by Crippen LogP contribution is 2.31. The number of benzene rings is 1. The maximum Gasteiger partial charge on any atom is 0.332 e. The molecule has 190 valence electrons. The molecule has 1 fully saturated rings. The smallest absolute Gasteiger partial charge is 0.332 e. The molecule has 4 heterocycles. The number of carbonyl (C=O) groups is 1. The summed E-state index contributed by atoms with van der Waals surface area (Å²) in [6.07, 6.45) is 1.42. The summed E-state index contributed by atoms with van der Waals surface area (Å²) in [5, 5.41) is 0.571. The van der Waals surface area contributed by atoms with Gasteiger partial charge in [-0.2, -0.15) is 0 Å². The van der Waals surface area contributed by atoms with Crippen LogP contribution in [0.5, 0.6) is 5.75 Å². The number of aryl methyl sites for hydroxylation is 1. The van der Waals surface area contributed by atoms with Crippen LogP contribution < -0.4 is 20.9 Å². The maximum absolute atomic E-state index is 13.7. The van der Waals surface area contributed by atoms with Crippen molar-refractivity contribution in [2.45, 2.75) is 6.54 Å². The summed E-state index contributed by atoms with van der Waals surface area (Å²) in [5.41, 5.74) is 0.251. The van der Waals surface area contributed by atoms with Crippen molar-refractivity contribution >= 4 is 43.8 Å². The standard InChI is InChI=1S/C23H27N7O5S/c1-26-20-19(21(32)27(2)23(26)33)29(14-24-20)13-18(31)30(7-6-28-8-10-35-11-9-28)22-25-16-5-4-15(34-3)12-17(16)36-22/h4-5,12,14H,6-11,13H2,1-3H3. The fraction of sp³-hybridized carbons (Fsp3) is 0.435. The van der Waals surface area contributed by atoms with Crippen molar-refractivity contribution in [2.75, 3.05) is 51.4 Å². The van der Waals surface area contributed by atoms with Crippen LogP contribution in [-0.2, 0) is 30.2 Å². The first-order valence-corrected chi connectivity index (χ1v) is 12.3. The second kappa shape index (κ2) is 9.84. The van der Waals surface area contributed by atoms with E-state index in [9.17, 15) is 14.4 Å². The van der Waals surface area contributed by atoms with Gasteiger partial charge in [0.1, 0.15) is 12.3 Å². The zero-order chi connectivity index (χ0) is 25.4. The van der Waals surface area contributed by atoms with Crippen molar-refractivity contribution < 1.29 is 14.3 Å². The number of carbonyl (C=O) groups excluding carboxylic acids is 1. The highest BCUT2D eigenvalue weighted by molar-refractivity contribution is 7.22. The molecule has 1 aliphatic heterocycles. The lowest BCUT2D eigenvalue weighted by atomic mass is 10.3. The summed E-state index contributed by atoms with van der Waals surface area (Å²) >= 11 is 1.41. The van der Waals surface area contributed by atoms with Gasteiger partial charge in [-0.3, -0.25) is 28.5 Å². The predicted octanol–water partition coefficient (Wildman–Crippen LogP) is 0.417. The highest BCUT2D eigenvalue weighted by Gasteiger charge is 2.24. The molecule has 1 saturated heterocycles. The van der Waals surface area contributed by atoms with Crippen molar-refractivity contribution in [1.29, 1.82) is 0 Å². The van der Waals surface area contributed by atoms with Crippen LogP contribution in [0.2, 0.25) is 0 Å². The summed E-state index contributed by atoms with van der Waals surface area (Å²) in [4.78, 5) is 51.6. The number of rotatable bonds is 7. The third kappa shape index (κ3) is 4.40. The Bertz CT molecular complexity index is 1550. The van der Waals surface area contributed by atoms with Crippen LogP contribution in [0, 0.1) is 0 Å². The molecule has 5 rings (SSSR count). The van der Waals surface area contributed by atoms with E-state index in [0.717, 1.165) is 33.6 Å². The number of aromatic nitrogens is 5. The highest BCUT2D eigenvalue weighted by atomic mass is 32.1. The fourth-order valence-electron chi connectivity index (χ4n) is 4.28. The molecular weight excluding hydrogens is 486 g/mol. The van der Waals surface area contributed by atoms with Crippen LogP contribution in [0.15, 0.2) is 34.1 Å². The molecular formula is C23H27N7O5S. The van der Waals surface area contributed by atoms with Crippen molar-refractivity contribution in [3.05, 3.63) is 45.4 Å². The Hall–Kier alpha value is -3.55. The minimum Gasteiger partial charge on any atom is -0.497 e. The third-order valence-electron chi connectivity index (χ3n) is 6.38. The Balaban J connectivity index is 1.48. The molecule has 0 radical (unpaired) electrons. The van der Waals surface area contributed by atoms with Crippen molar-refractivity contribution in [3.63, 3.8) is 0 Å². The van der Waals surface area contributed by atoms with Gasteiger partial charge in [0.05, 0.1) is 36.9 Å². The van der Waals surface area contributed by atoms with E-state index >= 15 is 0 Å². The molecule has 1 aliphatic rings. The Morgan fingerprint density at radius 2 is 1.97 bits per heavy atom. The van der Waals surface area contributed by atoms with Gasteiger partial charge in [0.2, 0.25) is 5.91 Å². The van der Waals surface area contributed by atoms with Crippen molar-refractivity contribution in [1.82, 2.24) is 28.6 Å². The van der Waals surface area contributed by atoms with Crippen molar-refractivity contribution in [2.24, 2.45) is 14.1 Å². The summed E-state index contributed by atoms with van der Waals surface area (Å²) in [6.45, 7) is 3.90. The van der Waals surface area contributed by atoms with E-state index in [1.807, 2.05) is 18.2 Å². The topological polar surface area (TPSA) is 117 Å². The van der Waals surface area contributed by atoms with E-state index in [4.69, 9.17) is 14.5 Å². The monoisotopic (exact) mass is 513 g/mol. The maximum atomic E-state index is 13.7. The van der Waals surface area contributed by atoms with Gasteiger partial charge in [0, 0.05) is 40.3 Å². The van der Waals surface area contributed by atoms with Crippen molar-refractivity contribution in [3.8, 4) is 5.75 Å². The Kier molecular flexibility index (Phi) is 6.60. The first-order chi connectivity index (χ1) is 17.4. The predicted molar refractivity (Wildman–Crippen MR) is 136 cm³/mol. The lowest BCUT2D eigenvalue weighted by Gasteiger charge is -2.29. The molecule has 0 aliphatic carbocycles. The van der Waals surface area contributed by atoms with E-state index < -0.39 is 11.2 Å². The lowest BCUT2D eigenvalue weighted by Crippen LogP contribution is -2.44. The SMILES string of the molecule is COc1ccc2nc(N(CCN3CCOCC3)C(=O)Cn3cnc4c3c(=O)n(C)c(=O)n4C)sc2c1. The zero-order valence-electron chi connectivity index (χ0n) is 20.3. The molecule has 1 aromatic carbocycles. The lowest BCUT2D eigenvalue weighted by molar-refractivity contribution is -0.119. The van der Waals surface area contributed by atoms with E-state index in [-0.39, 0.29) is 23.6 Å². The van der Waals surface area contributed by atoms with Gasteiger partial charge in [-0.05, 0) is 18.2 Å². The number of fused-ring (bicyclic) bond motifs is 2. The van der Waals surface area contributed by atoms with Crippen LogP contribution in [0.4, 0.5) is 5.13 Å². The normalized spacial score (nSPS) is 14.5. The largest absolute Gasteiger partial charge is 0.497 e. The Labute approximate surface area is 209 Å². The second-order valence-corrected chi connectivity index (χ2v) is 9.59. The second-order valence-electron chi connectivity index (χ2n) is 8.58. The number of hydrogen-bond acceptors (Lipinski definition) is 9. The molecule has 0 atom stereocenters. The van der Waals surface area contributed by atoms with Gasteiger partial charge in [0.15, 0.2) is 16.3 Å². The number of morpholine rings is 1. The van der Waals surface area contributed by atoms with E-state index in [1.54, 1.807) is 19.1 Å². The summed E-state index contributed by atoms with van der Waals surface area (Å²) in [5.74, 6) is 0.486. The zero-order valence-corrected chi connectivity index (χ0v) is 21.2. The molecule has 4 aromatic rings. The number of ether oxygens (including phenoxy) is 2. The van der Waals surface area contributed by atoms with Crippen LogP contribution in [0.1, 0.15) is 0 Å². The summed E-state index contributed by atoms with van der Waals surface area (Å²) < 4.78 is 15.5. The van der Waals surface area contributed by atoms with Crippen LogP contribution in [-0.4, -0.2) is 81.0 Å².